The molecule has 0 spiro atoms. The molecule has 4 atom stereocenters. The second-order valence-electron chi connectivity index (χ2n) is 7.18. The maximum atomic E-state index is 13.1. The summed E-state index contributed by atoms with van der Waals surface area (Å²) < 4.78 is 0. The van der Waals surface area contributed by atoms with Gasteiger partial charge in [-0.05, 0) is 51.2 Å². The van der Waals surface area contributed by atoms with Crippen LogP contribution in [0.1, 0.15) is 55.8 Å². The third-order valence-corrected chi connectivity index (χ3v) is 5.24. The molecule has 0 aliphatic carbocycles. The Balaban J connectivity index is 2.01. The van der Waals surface area contributed by atoms with E-state index in [1.807, 2.05) is 4.90 Å². The van der Waals surface area contributed by atoms with Crippen molar-refractivity contribution in [2.45, 2.75) is 70.7 Å². The van der Waals surface area contributed by atoms with E-state index in [-0.39, 0.29) is 18.0 Å². The van der Waals surface area contributed by atoms with Gasteiger partial charge >= 0.3 is 0 Å². The third-order valence-electron chi connectivity index (χ3n) is 5.24. The fraction of sp³-hybridized carbons (Fsp3) is 0.579. The quantitative estimate of drug-likeness (QED) is 0.869. The van der Waals surface area contributed by atoms with Crippen LogP contribution in [0.3, 0.4) is 0 Å². The Hall–Kier alpha value is -1.88. The molecule has 5 heteroatoms. The Morgan fingerprint density at radius 3 is 2.83 bits per heavy atom. The molecule has 0 saturated carbocycles. The van der Waals surface area contributed by atoms with Crippen molar-refractivity contribution in [2.24, 2.45) is 0 Å². The fourth-order valence-electron chi connectivity index (χ4n) is 3.97. The van der Waals surface area contributed by atoms with Crippen LogP contribution in [0, 0.1) is 6.92 Å². The van der Waals surface area contributed by atoms with Gasteiger partial charge < -0.3 is 15.3 Å². The third kappa shape index (κ3) is 3.05. The van der Waals surface area contributed by atoms with Crippen molar-refractivity contribution >= 4 is 11.8 Å². The molecule has 2 N–H and O–H groups in total. The van der Waals surface area contributed by atoms with Crippen molar-refractivity contribution in [2.75, 3.05) is 0 Å². The van der Waals surface area contributed by atoms with Crippen LogP contribution in [0.25, 0.3) is 0 Å². The molecule has 1 aromatic rings. The summed E-state index contributed by atoms with van der Waals surface area (Å²) in [6.45, 7) is 5.56. The van der Waals surface area contributed by atoms with Crippen LogP contribution >= 0.6 is 0 Å². The minimum atomic E-state index is -1.12. The van der Waals surface area contributed by atoms with E-state index in [1.54, 1.807) is 0 Å². The maximum Gasteiger partial charge on any atom is 0.249 e. The molecule has 2 amide bonds. The van der Waals surface area contributed by atoms with Gasteiger partial charge in [-0.25, -0.2) is 0 Å². The van der Waals surface area contributed by atoms with Crippen LogP contribution in [-0.4, -0.2) is 40.0 Å². The van der Waals surface area contributed by atoms with E-state index < -0.39 is 18.1 Å². The standard InChI is InChI=1S/C19H26N2O3/c1-11-7-8-14-10-16(20-18(23)13(3)22)19(24)21-12(2)5-4-6-17(21)15(14)9-11/h7-9,12-13,16-17,22H,4-6,10H2,1-3H3,(H,20,23)/t12?,13?,16-,17?/m0/s1. The first-order valence-electron chi connectivity index (χ1n) is 8.78. The monoisotopic (exact) mass is 330 g/mol. The normalized spacial score (nSPS) is 27.8. The van der Waals surface area contributed by atoms with E-state index in [4.69, 9.17) is 0 Å². The lowest BCUT2D eigenvalue weighted by Gasteiger charge is -2.41. The molecule has 0 radical (unpaired) electrons. The second-order valence-corrected chi connectivity index (χ2v) is 7.18. The van der Waals surface area contributed by atoms with Crippen molar-refractivity contribution in [3.05, 3.63) is 34.9 Å². The Kier molecular flexibility index (Phi) is 4.63. The summed E-state index contributed by atoms with van der Waals surface area (Å²) in [5, 5.41) is 12.2. The summed E-state index contributed by atoms with van der Waals surface area (Å²) in [5.41, 5.74) is 3.51. The molecule has 2 aliphatic heterocycles. The number of amides is 2. The molecule has 3 rings (SSSR count). The fourth-order valence-corrected chi connectivity index (χ4v) is 3.97. The van der Waals surface area contributed by atoms with Gasteiger partial charge in [0.25, 0.3) is 0 Å². The summed E-state index contributed by atoms with van der Waals surface area (Å²) >= 11 is 0. The van der Waals surface area contributed by atoms with Gasteiger partial charge in [0.15, 0.2) is 0 Å². The van der Waals surface area contributed by atoms with Crippen molar-refractivity contribution in [3.63, 3.8) is 0 Å². The molecular weight excluding hydrogens is 304 g/mol. The van der Waals surface area contributed by atoms with Crippen molar-refractivity contribution in [1.29, 1.82) is 0 Å². The molecule has 130 valence electrons. The SMILES string of the molecule is Cc1ccc2c(c1)C1CCCC(C)N1C(=O)[C@@H](NC(=O)C(C)O)C2. The van der Waals surface area contributed by atoms with Gasteiger partial charge in [0.2, 0.25) is 11.8 Å². The summed E-state index contributed by atoms with van der Waals surface area (Å²) in [6, 6.07) is 5.94. The lowest BCUT2D eigenvalue weighted by Crippen LogP contribution is -2.54. The predicted octanol–water partition coefficient (Wildman–Crippen LogP) is 1.86. The number of hydrogen-bond donors (Lipinski definition) is 2. The van der Waals surface area contributed by atoms with Crippen molar-refractivity contribution in [3.8, 4) is 0 Å². The van der Waals surface area contributed by atoms with Gasteiger partial charge in [-0.3, -0.25) is 9.59 Å². The van der Waals surface area contributed by atoms with Crippen LogP contribution in [0.15, 0.2) is 18.2 Å². The highest BCUT2D eigenvalue weighted by atomic mass is 16.3. The maximum absolute atomic E-state index is 13.1. The van der Waals surface area contributed by atoms with Gasteiger partial charge in [0.1, 0.15) is 12.1 Å². The van der Waals surface area contributed by atoms with Crippen LogP contribution in [0.4, 0.5) is 0 Å². The minimum absolute atomic E-state index is 0.0324. The number of aliphatic hydroxyl groups excluding tert-OH is 1. The molecule has 1 saturated heterocycles. The molecule has 1 aromatic carbocycles. The van der Waals surface area contributed by atoms with E-state index in [0.717, 1.165) is 24.8 Å². The molecule has 3 unspecified atom stereocenters. The first-order valence-corrected chi connectivity index (χ1v) is 8.78. The van der Waals surface area contributed by atoms with E-state index in [1.165, 1.54) is 18.1 Å². The van der Waals surface area contributed by atoms with E-state index in [0.29, 0.717) is 6.42 Å². The summed E-state index contributed by atoms with van der Waals surface area (Å²) in [5.74, 6) is -0.528. The highest BCUT2D eigenvalue weighted by Crippen LogP contribution is 2.39. The number of aliphatic hydroxyl groups is 1. The Labute approximate surface area is 143 Å². The van der Waals surface area contributed by atoms with Gasteiger partial charge in [-0.2, -0.15) is 0 Å². The molecular formula is C19H26N2O3. The Bertz CT molecular complexity index is 656. The molecule has 0 aromatic heterocycles. The first-order chi connectivity index (χ1) is 11.4. The molecule has 2 aliphatic rings. The number of benzene rings is 1. The summed E-state index contributed by atoms with van der Waals surface area (Å²) in [4.78, 5) is 27.0. The van der Waals surface area contributed by atoms with Gasteiger partial charge in [-0.1, -0.05) is 23.8 Å². The lowest BCUT2D eigenvalue weighted by atomic mass is 9.89. The Morgan fingerprint density at radius 1 is 1.38 bits per heavy atom. The number of piperidine rings is 1. The number of carbonyl (C=O) groups is 2. The lowest BCUT2D eigenvalue weighted by molar-refractivity contribution is -0.143. The summed E-state index contributed by atoms with van der Waals surface area (Å²) in [7, 11) is 0. The second kappa shape index (κ2) is 6.55. The number of aryl methyl sites for hydroxylation is 1. The highest BCUT2D eigenvalue weighted by Gasteiger charge is 2.40. The van der Waals surface area contributed by atoms with E-state index in [2.05, 4.69) is 37.4 Å². The van der Waals surface area contributed by atoms with Crippen molar-refractivity contribution in [1.82, 2.24) is 10.2 Å². The number of hydrogen-bond acceptors (Lipinski definition) is 3. The number of nitrogens with one attached hydrogen (secondary N) is 1. The Morgan fingerprint density at radius 2 is 2.12 bits per heavy atom. The number of rotatable bonds is 2. The molecule has 2 heterocycles. The van der Waals surface area contributed by atoms with Crippen LogP contribution in [0.5, 0.6) is 0 Å². The number of fused-ring (bicyclic) bond motifs is 3. The van der Waals surface area contributed by atoms with E-state index >= 15 is 0 Å². The van der Waals surface area contributed by atoms with Crippen LogP contribution in [0.2, 0.25) is 0 Å². The molecule has 5 nitrogen and oxygen atoms in total. The zero-order valence-electron chi connectivity index (χ0n) is 14.6. The average molecular weight is 330 g/mol. The highest BCUT2D eigenvalue weighted by molar-refractivity contribution is 5.90. The van der Waals surface area contributed by atoms with Crippen LogP contribution < -0.4 is 5.32 Å². The summed E-state index contributed by atoms with van der Waals surface area (Å²) in [6.07, 6.45) is 2.41. The molecule has 1 fully saturated rings. The molecule has 0 bridgehead atoms. The van der Waals surface area contributed by atoms with Gasteiger partial charge in [-0.15, -0.1) is 0 Å². The topological polar surface area (TPSA) is 69.6 Å². The number of carbonyl (C=O) groups excluding carboxylic acids is 2. The van der Waals surface area contributed by atoms with Gasteiger partial charge in [0.05, 0.1) is 6.04 Å². The zero-order valence-corrected chi connectivity index (χ0v) is 14.6. The smallest absolute Gasteiger partial charge is 0.249 e. The minimum Gasteiger partial charge on any atom is -0.384 e. The predicted molar refractivity (Wildman–Crippen MR) is 91.4 cm³/mol. The molecule has 24 heavy (non-hydrogen) atoms. The van der Waals surface area contributed by atoms with Crippen LogP contribution in [-0.2, 0) is 16.0 Å². The number of nitrogens with zero attached hydrogens (tertiary/aromatic N) is 1. The van der Waals surface area contributed by atoms with Crippen molar-refractivity contribution < 1.29 is 14.7 Å². The average Bonchev–Trinajstić information content (AvgIpc) is 2.64. The van der Waals surface area contributed by atoms with E-state index in [9.17, 15) is 14.7 Å². The zero-order chi connectivity index (χ0) is 17.4. The first kappa shape index (κ1) is 17.0. The largest absolute Gasteiger partial charge is 0.384 e. The van der Waals surface area contributed by atoms with Gasteiger partial charge in [0, 0.05) is 12.5 Å².